The van der Waals surface area contributed by atoms with Crippen LogP contribution in [0.25, 0.3) is 21.4 Å². The molecule has 8 heteroatoms. The van der Waals surface area contributed by atoms with Crippen molar-refractivity contribution < 1.29 is 13.9 Å². The Morgan fingerprint density at radius 2 is 2.21 bits per heavy atom. The molecule has 2 aromatic rings. The smallest absolute Gasteiger partial charge is 0.345 e. The standard InChI is InChI=1S/C11H6BrN3O4/c1-5(16)18-10-4-9-6(2-7(10)12)3-8(14-15-13)11(17)19-9/h2-4H,1H3. The van der Waals surface area contributed by atoms with Gasteiger partial charge in [-0.2, -0.15) is 0 Å². The van der Waals surface area contributed by atoms with Crippen LogP contribution in [0.3, 0.4) is 0 Å². The molecule has 1 aromatic carbocycles. The average Bonchev–Trinajstić information content (AvgIpc) is 2.32. The van der Waals surface area contributed by atoms with Crippen LogP contribution in [0.5, 0.6) is 5.75 Å². The molecule has 0 saturated carbocycles. The van der Waals surface area contributed by atoms with Crippen LogP contribution in [0.15, 0.2) is 37.0 Å². The third-order valence-corrected chi connectivity index (χ3v) is 2.79. The van der Waals surface area contributed by atoms with Crippen molar-refractivity contribution in [3.05, 3.63) is 43.5 Å². The predicted octanol–water partition coefficient (Wildman–Crippen LogP) is 3.42. The zero-order valence-corrected chi connectivity index (χ0v) is 11.2. The summed E-state index contributed by atoms with van der Waals surface area (Å²) in [6.45, 7) is 1.26. The molecule has 0 unspecified atom stereocenters. The van der Waals surface area contributed by atoms with Gasteiger partial charge in [0.2, 0.25) is 0 Å². The highest BCUT2D eigenvalue weighted by molar-refractivity contribution is 9.10. The lowest BCUT2D eigenvalue weighted by Crippen LogP contribution is -2.02. The highest BCUT2D eigenvalue weighted by Crippen LogP contribution is 2.31. The fraction of sp³-hybridized carbons (Fsp3) is 0.0909. The number of ether oxygens (including phenoxy) is 1. The number of esters is 1. The Bertz CT molecular complexity index is 777. The Kier molecular flexibility index (Phi) is 3.55. The second kappa shape index (κ2) is 5.13. The Balaban J connectivity index is 2.68. The number of fused-ring (bicyclic) bond motifs is 1. The van der Waals surface area contributed by atoms with Gasteiger partial charge in [0.1, 0.15) is 17.0 Å². The molecule has 2 rings (SSSR count). The van der Waals surface area contributed by atoms with Crippen molar-refractivity contribution >= 4 is 38.6 Å². The van der Waals surface area contributed by atoms with E-state index in [0.717, 1.165) is 0 Å². The summed E-state index contributed by atoms with van der Waals surface area (Å²) in [5.41, 5.74) is 7.65. The third-order valence-electron chi connectivity index (χ3n) is 2.17. The fourth-order valence-electron chi connectivity index (χ4n) is 1.46. The molecule has 0 atom stereocenters. The molecule has 19 heavy (non-hydrogen) atoms. The molecule has 0 aliphatic heterocycles. The highest BCUT2D eigenvalue weighted by Gasteiger charge is 2.10. The zero-order valence-electron chi connectivity index (χ0n) is 9.58. The van der Waals surface area contributed by atoms with Gasteiger partial charge in [0, 0.05) is 23.3 Å². The first-order valence-corrected chi connectivity index (χ1v) is 5.81. The van der Waals surface area contributed by atoms with Crippen LogP contribution in [0, 0.1) is 0 Å². The molecule has 0 radical (unpaired) electrons. The van der Waals surface area contributed by atoms with E-state index < -0.39 is 11.6 Å². The van der Waals surface area contributed by atoms with E-state index in [1.807, 2.05) is 0 Å². The van der Waals surface area contributed by atoms with Gasteiger partial charge < -0.3 is 9.15 Å². The molecule has 0 spiro atoms. The minimum atomic E-state index is -0.763. The van der Waals surface area contributed by atoms with Crippen LogP contribution >= 0.6 is 15.9 Å². The van der Waals surface area contributed by atoms with E-state index in [4.69, 9.17) is 14.7 Å². The van der Waals surface area contributed by atoms with Crippen LogP contribution in [-0.4, -0.2) is 5.97 Å². The number of benzene rings is 1. The summed E-state index contributed by atoms with van der Waals surface area (Å²) < 4.78 is 10.4. The van der Waals surface area contributed by atoms with Gasteiger partial charge in [0.25, 0.3) is 0 Å². The van der Waals surface area contributed by atoms with Gasteiger partial charge in [-0.3, -0.25) is 4.79 Å². The van der Waals surface area contributed by atoms with Gasteiger partial charge in [-0.05, 0) is 33.6 Å². The van der Waals surface area contributed by atoms with Crippen molar-refractivity contribution in [1.82, 2.24) is 0 Å². The first-order valence-electron chi connectivity index (χ1n) is 5.02. The van der Waals surface area contributed by atoms with Crippen molar-refractivity contribution in [2.75, 3.05) is 0 Å². The van der Waals surface area contributed by atoms with E-state index in [2.05, 4.69) is 26.0 Å². The lowest BCUT2D eigenvalue weighted by molar-refractivity contribution is -0.131. The number of halogens is 1. The third kappa shape index (κ3) is 2.75. The lowest BCUT2D eigenvalue weighted by atomic mass is 10.2. The number of carbonyl (C=O) groups is 1. The number of azide groups is 1. The Morgan fingerprint density at radius 3 is 2.84 bits per heavy atom. The number of hydrogen-bond donors (Lipinski definition) is 0. The van der Waals surface area contributed by atoms with E-state index in [0.29, 0.717) is 9.86 Å². The average molecular weight is 324 g/mol. The lowest BCUT2D eigenvalue weighted by Gasteiger charge is -2.05. The molecule has 0 N–H and O–H groups in total. The SMILES string of the molecule is CC(=O)Oc1cc2oc(=O)c(N=[N+]=[N-])cc2cc1Br. The molecule has 0 aliphatic carbocycles. The highest BCUT2D eigenvalue weighted by atomic mass is 79.9. The van der Waals surface area contributed by atoms with Gasteiger partial charge >= 0.3 is 11.6 Å². The molecule has 0 aliphatic rings. The van der Waals surface area contributed by atoms with Crippen LogP contribution < -0.4 is 10.4 Å². The number of nitrogens with zero attached hydrogens (tertiary/aromatic N) is 3. The van der Waals surface area contributed by atoms with Crippen molar-refractivity contribution in [3.63, 3.8) is 0 Å². The monoisotopic (exact) mass is 323 g/mol. The van der Waals surface area contributed by atoms with E-state index in [1.54, 1.807) is 6.07 Å². The maximum absolute atomic E-state index is 11.5. The molecule has 96 valence electrons. The number of hydrogen-bond acceptors (Lipinski definition) is 5. The number of rotatable bonds is 2. The van der Waals surface area contributed by atoms with Crippen LogP contribution in [0.1, 0.15) is 6.92 Å². The minimum absolute atomic E-state index is 0.137. The van der Waals surface area contributed by atoms with Gasteiger partial charge in [-0.25, -0.2) is 4.79 Å². The van der Waals surface area contributed by atoms with E-state index in [-0.39, 0.29) is 17.0 Å². The Labute approximate surface area is 114 Å². The van der Waals surface area contributed by atoms with Crippen molar-refractivity contribution in [2.45, 2.75) is 6.92 Å². The Morgan fingerprint density at radius 1 is 1.47 bits per heavy atom. The second-order valence-corrected chi connectivity index (χ2v) is 4.38. The Hall–Kier alpha value is -2.31. The van der Waals surface area contributed by atoms with Crippen LogP contribution in [-0.2, 0) is 4.79 Å². The zero-order chi connectivity index (χ0) is 14.0. The second-order valence-electron chi connectivity index (χ2n) is 3.52. The first-order chi connectivity index (χ1) is 9.01. The molecule has 1 heterocycles. The van der Waals surface area contributed by atoms with Crippen molar-refractivity contribution in [1.29, 1.82) is 0 Å². The molecule has 1 aromatic heterocycles. The molecule has 0 amide bonds. The van der Waals surface area contributed by atoms with Gasteiger partial charge in [0.05, 0.1) is 4.47 Å². The van der Waals surface area contributed by atoms with E-state index >= 15 is 0 Å². The topological polar surface area (TPSA) is 105 Å². The minimum Gasteiger partial charge on any atom is -0.425 e. The van der Waals surface area contributed by atoms with E-state index in [9.17, 15) is 9.59 Å². The maximum Gasteiger partial charge on any atom is 0.345 e. The predicted molar refractivity (Wildman–Crippen MR) is 70.3 cm³/mol. The summed E-state index contributed by atoms with van der Waals surface area (Å²) >= 11 is 3.23. The van der Waals surface area contributed by atoms with E-state index in [1.165, 1.54) is 19.1 Å². The summed E-state index contributed by atoms with van der Waals surface area (Å²) in [6.07, 6.45) is 0. The van der Waals surface area contributed by atoms with Gasteiger partial charge in [-0.1, -0.05) is 5.11 Å². The molecule has 7 nitrogen and oxygen atoms in total. The molecule has 0 fully saturated rings. The van der Waals surface area contributed by atoms with Gasteiger partial charge in [0.15, 0.2) is 0 Å². The van der Waals surface area contributed by atoms with Crippen molar-refractivity contribution in [2.24, 2.45) is 5.11 Å². The molecule has 0 bridgehead atoms. The van der Waals surface area contributed by atoms with Crippen molar-refractivity contribution in [3.8, 4) is 5.75 Å². The summed E-state index contributed by atoms with van der Waals surface area (Å²) in [6, 6.07) is 4.39. The normalized spacial score (nSPS) is 10.0. The first kappa shape index (κ1) is 13.1. The summed E-state index contributed by atoms with van der Waals surface area (Å²) in [5, 5.41) is 3.76. The van der Waals surface area contributed by atoms with Crippen LogP contribution in [0.2, 0.25) is 0 Å². The quantitative estimate of drug-likeness (QED) is 0.211. The largest absolute Gasteiger partial charge is 0.425 e. The molecular formula is C11H6BrN3O4. The van der Waals surface area contributed by atoms with Crippen LogP contribution in [0.4, 0.5) is 5.69 Å². The fourth-order valence-corrected chi connectivity index (χ4v) is 1.90. The summed E-state index contributed by atoms with van der Waals surface area (Å²) in [5.74, 6) is -0.257. The number of carbonyl (C=O) groups excluding carboxylic acids is 1. The van der Waals surface area contributed by atoms with Gasteiger partial charge in [-0.15, -0.1) is 0 Å². The summed E-state index contributed by atoms with van der Waals surface area (Å²) in [7, 11) is 0. The maximum atomic E-state index is 11.5. The molecule has 0 saturated heterocycles. The molecular weight excluding hydrogens is 318 g/mol. The summed E-state index contributed by atoms with van der Waals surface area (Å²) in [4.78, 5) is 24.9.